The summed E-state index contributed by atoms with van der Waals surface area (Å²) in [5.41, 5.74) is 17.0. The van der Waals surface area contributed by atoms with E-state index in [4.69, 9.17) is 0 Å². The third-order valence-electron chi connectivity index (χ3n) is 13.7. The van der Waals surface area contributed by atoms with Crippen molar-refractivity contribution in [1.82, 2.24) is 0 Å². The molecule has 0 saturated heterocycles. The van der Waals surface area contributed by atoms with Crippen LogP contribution in [0.4, 0.5) is 34.1 Å². The van der Waals surface area contributed by atoms with Crippen LogP contribution in [0.15, 0.2) is 187 Å². The quantitative estimate of drug-likeness (QED) is 0.0997. The maximum atomic E-state index is 2.52. The Labute approximate surface area is 394 Å². The van der Waals surface area contributed by atoms with E-state index in [1.54, 1.807) is 0 Å². The fourth-order valence-electron chi connectivity index (χ4n) is 9.92. The monoisotopic (exact) mass is 892 g/mol. The highest BCUT2D eigenvalue weighted by molar-refractivity contribution is 8.32. The molecule has 0 unspecified atom stereocenters. The third-order valence-corrected chi connectivity index (χ3v) is 17.5. The molecule has 0 aliphatic carbocycles. The van der Waals surface area contributed by atoms with Gasteiger partial charge in [0, 0.05) is 33.5 Å². The lowest BCUT2D eigenvalue weighted by atomic mass is 9.91. The average molecular weight is 893 g/mol. The number of aryl methyl sites for hydroxylation is 4. The predicted molar refractivity (Wildman–Crippen MR) is 296 cm³/mol. The van der Waals surface area contributed by atoms with Gasteiger partial charge in [-0.15, -0.1) is 0 Å². The Morgan fingerprint density at radius 2 is 0.788 bits per heavy atom. The van der Waals surface area contributed by atoms with Gasteiger partial charge >= 0.3 is 0 Å². The highest BCUT2D eigenvalue weighted by atomic mass is 32.3. The van der Waals surface area contributed by atoms with Crippen molar-refractivity contribution in [2.45, 2.75) is 52.2 Å². The predicted octanol–water partition coefficient (Wildman–Crippen LogP) is 17.7. The fourth-order valence-corrected chi connectivity index (χ4v) is 12.0. The number of anilines is 6. The third kappa shape index (κ3) is 7.76. The maximum absolute atomic E-state index is 2.52. The van der Waals surface area contributed by atoms with Crippen LogP contribution in [0.5, 0.6) is 0 Å². The standard InChI is InChI=1S/C62H60N2SSi/c1-41-15-11-13-17-53(41)47-21-19-43(3)59(39-47)63(49-27-31-51(32-28-49)65(5,6)7)57-37-25-45-24-36-56-58(38-26-46-23-35-55(57)61(45)62(46)56)64(50-29-33-52(34-30-50)66(8,9)10)60-40-48(22-20-44(60)4)54-18-14-12-16-42(54)2/h11-40H,1-10H3. The normalized spacial score (nSPS) is 12.3. The molecule has 0 aliphatic heterocycles. The molecule has 0 heterocycles. The molecular formula is C62H60N2SSi. The Morgan fingerprint density at radius 3 is 1.20 bits per heavy atom. The Kier molecular flexibility index (Phi) is 10.9. The van der Waals surface area contributed by atoms with Crippen molar-refractivity contribution in [3.05, 3.63) is 204 Å². The summed E-state index contributed by atoms with van der Waals surface area (Å²) in [5, 5.41) is 8.99. The van der Waals surface area contributed by atoms with Gasteiger partial charge in [-0.2, -0.15) is 0 Å². The van der Waals surface area contributed by atoms with Crippen molar-refractivity contribution >= 4 is 89.7 Å². The van der Waals surface area contributed by atoms with E-state index in [1.165, 1.54) is 110 Å². The van der Waals surface area contributed by atoms with Crippen LogP contribution in [0.25, 0.3) is 54.6 Å². The largest absolute Gasteiger partial charge is 0.310 e. The highest BCUT2D eigenvalue weighted by Crippen LogP contribution is 2.50. The second kappa shape index (κ2) is 16.7. The minimum atomic E-state index is -1.53. The first-order chi connectivity index (χ1) is 31.7. The van der Waals surface area contributed by atoms with Gasteiger partial charge in [0.25, 0.3) is 0 Å². The molecule has 4 heteroatoms. The Morgan fingerprint density at radius 1 is 0.379 bits per heavy atom. The van der Waals surface area contributed by atoms with Crippen molar-refractivity contribution in [3.8, 4) is 22.3 Å². The van der Waals surface area contributed by atoms with Gasteiger partial charge in [-0.25, -0.2) is 10.0 Å². The Balaban J connectivity index is 1.22. The van der Waals surface area contributed by atoms with Crippen molar-refractivity contribution in [3.63, 3.8) is 0 Å². The van der Waals surface area contributed by atoms with Gasteiger partial charge < -0.3 is 9.80 Å². The second-order valence-electron chi connectivity index (χ2n) is 20.0. The summed E-state index contributed by atoms with van der Waals surface area (Å²) in [6.45, 7) is 16.2. The van der Waals surface area contributed by atoms with Crippen molar-refractivity contribution in [1.29, 1.82) is 0 Å². The average Bonchev–Trinajstić information content (AvgIpc) is 3.30. The van der Waals surface area contributed by atoms with Gasteiger partial charge in [0.1, 0.15) is 0 Å². The van der Waals surface area contributed by atoms with E-state index >= 15 is 0 Å². The lowest BCUT2D eigenvalue weighted by molar-refractivity contribution is 1.25. The molecular weight excluding hydrogens is 833 g/mol. The van der Waals surface area contributed by atoms with Crippen LogP contribution in [0.1, 0.15) is 22.3 Å². The van der Waals surface area contributed by atoms with E-state index < -0.39 is 18.1 Å². The van der Waals surface area contributed by atoms with Gasteiger partial charge in [0.05, 0.1) is 19.4 Å². The van der Waals surface area contributed by atoms with Crippen molar-refractivity contribution < 1.29 is 0 Å². The van der Waals surface area contributed by atoms with E-state index in [-0.39, 0.29) is 0 Å². The highest BCUT2D eigenvalue weighted by Gasteiger charge is 2.25. The smallest absolute Gasteiger partial charge is 0.0775 e. The summed E-state index contributed by atoms with van der Waals surface area (Å²) in [7, 11) is -2.43. The molecule has 0 bridgehead atoms. The Hall–Kier alpha value is -6.59. The van der Waals surface area contributed by atoms with Crippen molar-refractivity contribution in [2.24, 2.45) is 0 Å². The molecule has 2 nitrogen and oxygen atoms in total. The number of hydrogen-bond acceptors (Lipinski definition) is 2. The summed E-state index contributed by atoms with van der Waals surface area (Å²) in [4.78, 5) is 6.43. The molecule has 0 N–H and O–H groups in total. The molecule has 10 rings (SSSR count). The van der Waals surface area contributed by atoms with E-state index in [9.17, 15) is 0 Å². The summed E-state index contributed by atoms with van der Waals surface area (Å²) in [6.07, 6.45) is 7.11. The lowest BCUT2D eigenvalue weighted by Gasteiger charge is -2.32. The van der Waals surface area contributed by atoms with Crippen LogP contribution in [-0.4, -0.2) is 26.8 Å². The Bertz CT molecular complexity index is 3200. The minimum absolute atomic E-state index is 0.902. The zero-order chi connectivity index (χ0) is 46.1. The molecule has 0 amide bonds. The van der Waals surface area contributed by atoms with E-state index in [0.29, 0.717) is 0 Å². The van der Waals surface area contributed by atoms with Gasteiger partial charge in [0.15, 0.2) is 0 Å². The van der Waals surface area contributed by atoms with Crippen molar-refractivity contribution in [2.75, 3.05) is 28.6 Å². The molecule has 328 valence electrons. The van der Waals surface area contributed by atoms with Gasteiger partial charge in [0.2, 0.25) is 0 Å². The molecule has 66 heavy (non-hydrogen) atoms. The van der Waals surface area contributed by atoms with E-state index in [1.807, 2.05) is 0 Å². The molecule has 0 aromatic heterocycles. The second-order valence-corrected chi connectivity index (χ2v) is 29.2. The molecule has 10 aromatic rings. The zero-order valence-electron chi connectivity index (χ0n) is 40.1. The van der Waals surface area contributed by atoms with Crippen LogP contribution in [0, 0.1) is 27.7 Å². The van der Waals surface area contributed by atoms with Crippen LogP contribution in [0.3, 0.4) is 0 Å². The summed E-state index contributed by atoms with van der Waals surface area (Å²) < 4.78 is 0. The topological polar surface area (TPSA) is 6.48 Å². The zero-order valence-corrected chi connectivity index (χ0v) is 41.9. The molecule has 0 saturated carbocycles. The van der Waals surface area contributed by atoms with E-state index in [2.05, 4.69) is 258 Å². The van der Waals surface area contributed by atoms with Gasteiger partial charge in [-0.05, 0) is 178 Å². The number of benzene rings is 10. The molecule has 0 aliphatic rings. The lowest BCUT2D eigenvalue weighted by Crippen LogP contribution is -2.37. The number of nitrogens with zero attached hydrogens (tertiary/aromatic N) is 2. The first-order valence-corrected chi connectivity index (χ1v) is 29.5. The van der Waals surface area contributed by atoms with Crippen LogP contribution >= 0.6 is 10.0 Å². The van der Waals surface area contributed by atoms with Gasteiger partial charge in [-0.3, -0.25) is 0 Å². The molecule has 0 radical (unpaired) electrons. The summed E-state index contributed by atoms with van der Waals surface area (Å²) in [6, 6.07) is 69.0. The van der Waals surface area contributed by atoms with Crippen LogP contribution in [0.2, 0.25) is 19.6 Å². The molecule has 10 aromatic carbocycles. The minimum Gasteiger partial charge on any atom is -0.310 e. The first-order valence-electron chi connectivity index (χ1n) is 23.2. The summed E-state index contributed by atoms with van der Waals surface area (Å²) >= 11 is 0. The number of rotatable bonds is 10. The number of hydrogen-bond donors (Lipinski definition) is 0. The fraction of sp³-hybridized carbons (Fsp3) is 0.161. The first kappa shape index (κ1) is 43.3. The molecule has 0 fully saturated rings. The van der Waals surface area contributed by atoms with Crippen LogP contribution in [-0.2, 0) is 0 Å². The van der Waals surface area contributed by atoms with E-state index in [0.717, 1.165) is 11.4 Å². The molecule has 0 spiro atoms. The SMILES string of the molecule is Cc1ccccc1-c1ccc(C)c(N(c2ccc([Si](C)(C)C)cc2)c2ccc3ccc4c(N(c5ccc(S(C)(C)C)cc5)c5cc(-c6ccccc6C)ccc5C)ccc5ccc2c3c54)c1. The maximum Gasteiger partial charge on any atom is 0.0775 e. The summed E-state index contributed by atoms with van der Waals surface area (Å²) in [5.74, 6) is 0. The van der Waals surface area contributed by atoms with Gasteiger partial charge in [-0.1, -0.05) is 146 Å². The van der Waals surface area contributed by atoms with Crippen LogP contribution < -0.4 is 15.0 Å². The molecule has 0 atom stereocenters.